The molecule has 0 saturated heterocycles. The largest absolute Gasteiger partial charge is 0.326 e. The molecule has 2 atom stereocenters. The molecular formula is C15H21BrN4. The summed E-state index contributed by atoms with van der Waals surface area (Å²) in [6.45, 7) is 2.88. The van der Waals surface area contributed by atoms with E-state index in [1.54, 1.807) is 0 Å². The van der Waals surface area contributed by atoms with Gasteiger partial charge in [-0.2, -0.15) is 5.10 Å². The van der Waals surface area contributed by atoms with Crippen LogP contribution in [0.25, 0.3) is 0 Å². The van der Waals surface area contributed by atoms with Gasteiger partial charge in [0, 0.05) is 35.9 Å². The molecule has 0 aliphatic heterocycles. The van der Waals surface area contributed by atoms with Gasteiger partial charge in [0.15, 0.2) is 0 Å². The maximum absolute atomic E-state index is 6.17. The quantitative estimate of drug-likeness (QED) is 0.913. The zero-order chi connectivity index (χ0) is 14.7. The summed E-state index contributed by atoms with van der Waals surface area (Å²) >= 11 is 3.51. The number of nitrogens with two attached hydrogens (primary N) is 1. The highest BCUT2D eigenvalue weighted by Gasteiger charge is 2.22. The molecule has 0 bridgehead atoms. The van der Waals surface area contributed by atoms with Crippen LogP contribution >= 0.6 is 15.9 Å². The second-order valence-electron chi connectivity index (χ2n) is 5.30. The van der Waals surface area contributed by atoms with Crippen LogP contribution < -0.4 is 5.73 Å². The third-order valence-corrected chi connectivity index (χ3v) is 3.85. The van der Waals surface area contributed by atoms with Gasteiger partial charge in [-0.15, -0.1) is 0 Å². The Bertz CT molecular complexity index is 565. The summed E-state index contributed by atoms with van der Waals surface area (Å²) in [6.07, 6.45) is 3.93. The standard InChI is InChI=1S/C15H21BrN4/c1-11(17)15(13-8-18-20(3)10-13)19(2)9-12-5-4-6-14(16)7-12/h4-8,10-11,15H,9,17H2,1-3H3. The van der Waals surface area contributed by atoms with Crippen LogP contribution in [0.15, 0.2) is 41.1 Å². The maximum atomic E-state index is 6.17. The van der Waals surface area contributed by atoms with E-state index in [9.17, 15) is 0 Å². The lowest BCUT2D eigenvalue weighted by atomic mass is 10.0. The van der Waals surface area contributed by atoms with Crippen LogP contribution in [0.5, 0.6) is 0 Å². The maximum Gasteiger partial charge on any atom is 0.0538 e. The Balaban J connectivity index is 2.17. The number of benzene rings is 1. The molecule has 0 fully saturated rings. The van der Waals surface area contributed by atoms with Crippen molar-refractivity contribution in [1.82, 2.24) is 14.7 Å². The first-order chi connectivity index (χ1) is 9.47. The highest BCUT2D eigenvalue weighted by atomic mass is 79.9. The average molecular weight is 337 g/mol. The van der Waals surface area contributed by atoms with Gasteiger partial charge in [0.05, 0.1) is 12.2 Å². The molecule has 2 aromatic rings. The van der Waals surface area contributed by atoms with Gasteiger partial charge in [-0.1, -0.05) is 28.1 Å². The Hall–Kier alpha value is -1.17. The van der Waals surface area contributed by atoms with Crippen molar-refractivity contribution in [3.05, 3.63) is 52.3 Å². The van der Waals surface area contributed by atoms with Crippen LogP contribution in [0.4, 0.5) is 0 Å². The lowest BCUT2D eigenvalue weighted by molar-refractivity contribution is 0.211. The van der Waals surface area contributed by atoms with Gasteiger partial charge in [-0.25, -0.2) is 0 Å². The predicted octanol–water partition coefficient (Wildman–Crippen LogP) is 2.70. The first kappa shape index (κ1) is 15.2. The number of likely N-dealkylation sites (N-methyl/N-ethyl adjacent to an activating group) is 1. The van der Waals surface area contributed by atoms with Crippen molar-refractivity contribution in [2.24, 2.45) is 12.8 Å². The van der Waals surface area contributed by atoms with Crippen LogP contribution in [0.3, 0.4) is 0 Å². The summed E-state index contributed by atoms with van der Waals surface area (Å²) in [5, 5.41) is 4.25. The van der Waals surface area contributed by atoms with Crippen LogP contribution in [-0.4, -0.2) is 27.8 Å². The van der Waals surface area contributed by atoms with Gasteiger partial charge in [-0.3, -0.25) is 9.58 Å². The van der Waals surface area contributed by atoms with Gasteiger partial charge >= 0.3 is 0 Å². The van der Waals surface area contributed by atoms with E-state index in [-0.39, 0.29) is 12.1 Å². The average Bonchev–Trinajstić information content (AvgIpc) is 2.75. The normalized spacial score (nSPS) is 14.5. The molecule has 20 heavy (non-hydrogen) atoms. The Morgan fingerprint density at radius 3 is 2.75 bits per heavy atom. The lowest BCUT2D eigenvalue weighted by Gasteiger charge is -2.30. The number of halogens is 1. The van der Waals surface area contributed by atoms with Crippen molar-refractivity contribution in [2.45, 2.75) is 25.6 Å². The third kappa shape index (κ3) is 3.69. The Labute approximate surface area is 128 Å². The van der Waals surface area contributed by atoms with Crippen LogP contribution in [0.2, 0.25) is 0 Å². The molecule has 2 unspecified atom stereocenters. The van der Waals surface area contributed by atoms with Crippen molar-refractivity contribution in [3.8, 4) is 0 Å². The number of aromatic nitrogens is 2. The van der Waals surface area contributed by atoms with E-state index in [1.165, 1.54) is 5.56 Å². The van der Waals surface area contributed by atoms with Gasteiger partial charge in [0.25, 0.3) is 0 Å². The van der Waals surface area contributed by atoms with E-state index in [0.29, 0.717) is 0 Å². The van der Waals surface area contributed by atoms with E-state index < -0.39 is 0 Å². The third-order valence-electron chi connectivity index (χ3n) is 3.36. The van der Waals surface area contributed by atoms with E-state index >= 15 is 0 Å². The number of nitrogens with zero attached hydrogens (tertiary/aromatic N) is 3. The summed E-state index contributed by atoms with van der Waals surface area (Å²) in [5.74, 6) is 0. The first-order valence-corrected chi connectivity index (χ1v) is 7.45. The summed E-state index contributed by atoms with van der Waals surface area (Å²) < 4.78 is 2.92. The van der Waals surface area contributed by atoms with E-state index in [4.69, 9.17) is 5.73 Å². The minimum atomic E-state index is 0.0383. The van der Waals surface area contributed by atoms with Crippen LogP contribution in [-0.2, 0) is 13.6 Å². The summed E-state index contributed by atoms with van der Waals surface area (Å²) in [4.78, 5) is 2.27. The molecule has 0 saturated carbocycles. The van der Waals surface area contributed by atoms with Gasteiger partial charge in [-0.05, 0) is 31.7 Å². The molecule has 2 rings (SSSR count). The minimum absolute atomic E-state index is 0.0383. The van der Waals surface area contributed by atoms with E-state index in [1.807, 2.05) is 37.1 Å². The van der Waals surface area contributed by atoms with Gasteiger partial charge in [0.1, 0.15) is 0 Å². The summed E-state index contributed by atoms with van der Waals surface area (Å²) in [6, 6.07) is 8.55. The Morgan fingerprint density at radius 2 is 2.20 bits per heavy atom. The molecule has 0 aliphatic carbocycles. The molecule has 2 N–H and O–H groups in total. The topological polar surface area (TPSA) is 47.1 Å². The lowest BCUT2D eigenvalue weighted by Crippen LogP contribution is -2.36. The molecule has 1 aromatic heterocycles. The van der Waals surface area contributed by atoms with Gasteiger partial charge < -0.3 is 5.73 Å². The molecule has 0 radical (unpaired) electrons. The number of hydrogen-bond donors (Lipinski definition) is 1. The zero-order valence-electron chi connectivity index (χ0n) is 12.1. The van der Waals surface area contributed by atoms with Crippen molar-refractivity contribution in [1.29, 1.82) is 0 Å². The van der Waals surface area contributed by atoms with E-state index in [2.05, 4.69) is 51.2 Å². The summed E-state index contributed by atoms with van der Waals surface area (Å²) in [5.41, 5.74) is 8.59. The molecular weight excluding hydrogens is 316 g/mol. The van der Waals surface area contributed by atoms with Crippen molar-refractivity contribution >= 4 is 15.9 Å². The first-order valence-electron chi connectivity index (χ1n) is 6.66. The van der Waals surface area contributed by atoms with Crippen molar-refractivity contribution < 1.29 is 0 Å². The summed E-state index contributed by atoms with van der Waals surface area (Å²) in [7, 11) is 4.03. The van der Waals surface area contributed by atoms with Crippen LogP contribution in [0.1, 0.15) is 24.1 Å². The molecule has 1 heterocycles. The minimum Gasteiger partial charge on any atom is -0.326 e. The van der Waals surface area contributed by atoms with Crippen LogP contribution in [0, 0.1) is 0 Å². The zero-order valence-corrected chi connectivity index (χ0v) is 13.7. The number of hydrogen-bond acceptors (Lipinski definition) is 3. The Kier molecular flexibility index (Phi) is 4.96. The second-order valence-corrected chi connectivity index (χ2v) is 6.21. The predicted molar refractivity (Wildman–Crippen MR) is 85.2 cm³/mol. The van der Waals surface area contributed by atoms with Crippen molar-refractivity contribution in [2.75, 3.05) is 7.05 Å². The van der Waals surface area contributed by atoms with Crippen molar-refractivity contribution in [3.63, 3.8) is 0 Å². The highest BCUT2D eigenvalue weighted by Crippen LogP contribution is 2.24. The monoisotopic (exact) mass is 336 g/mol. The number of rotatable bonds is 5. The van der Waals surface area contributed by atoms with Gasteiger partial charge in [0.2, 0.25) is 0 Å². The smallest absolute Gasteiger partial charge is 0.0538 e. The Morgan fingerprint density at radius 1 is 1.45 bits per heavy atom. The highest BCUT2D eigenvalue weighted by molar-refractivity contribution is 9.10. The molecule has 1 aromatic carbocycles. The SMILES string of the molecule is CC(N)C(c1cnn(C)c1)N(C)Cc1cccc(Br)c1. The molecule has 4 nitrogen and oxygen atoms in total. The second kappa shape index (κ2) is 6.52. The molecule has 0 amide bonds. The fourth-order valence-corrected chi connectivity index (χ4v) is 3.02. The number of aryl methyl sites for hydroxylation is 1. The molecule has 0 aliphatic rings. The fraction of sp³-hybridized carbons (Fsp3) is 0.400. The molecule has 5 heteroatoms. The molecule has 0 spiro atoms. The fourth-order valence-electron chi connectivity index (χ4n) is 2.57. The molecule has 108 valence electrons. The van der Waals surface area contributed by atoms with E-state index in [0.717, 1.165) is 16.6 Å².